The van der Waals surface area contributed by atoms with Crippen molar-refractivity contribution in [3.63, 3.8) is 0 Å². The van der Waals surface area contributed by atoms with Crippen molar-refractivity contribution in [2.24, 2.45) is 0 Å². The van der Waals surface area contributed by atoms with Crippen LogP contribution in [-0.2, 0) is 16.8 Å². The number of nitrogens with zero attached hydrogens (tertiary/aromatic N) is 3. The first-order valence-corrected chi connectivity index (χ1v) is 6.22. The number of carbonyl (C=O) groups is 1. The molecule has 1 heterocycles. The zero-order chi connectivity index (χ0) is 13.3. The summed E-state index contributed by atoms with van der Waals surface area (Å²) in [6.45, 7) is 0.677. The highest BCUT2D eigenvalue weighted by atomic mass is 16.1. The molecule has 3 rings (SSSR count). The van der Waals surface area contributed by atoms with Gasteiger partial charge in [-0.15, -0.1) is 0 Å². The molecule has 94 valence electrons. The van der Waals surface area contributed by atoms with Gasteiger partial charge in [0, 0.05) is 24.6 Å². The molecule has 1 aliphatic carbocycles. The summed E-state index contributed by atoms with van der Waals surface area (Å²) in [5, 5.41) is 13.6. The topological polar surface area (TPSA) is 58.7 Å². The van der Waals surface area contributed by atoms with Crippen LogP contribution >= 0.6 is 0 Å². The fourth-order valence-electron chi connectivity index (χ4n) is 2.44. The number of hydrogen-bond acceptors (Lipinski definition) is 3. The maximum Gasteiger partial charge on any atom is 0.136 e. The van der Waals surface area contributed by atoms with Crippen LogP contribution in [0.5, 0.6) is 0 Å². The van der Waals surface area contributed by atoms with Crippen molar-refractivity contribution < 1.29 is 4.79 Å². The summed E-state index contributed by atoms with van der Waals surface area (Å²) in [6, 6.07) is 12.3. The lowest BCUT2D eigenvalue weighted by Gasteiger charge is -2.32. The van der Waals surface area contributed by atoms with Crippen LogP contribution in [0.4, 0.5) is 0 Å². The van der Waals surface area contributed by atoms with E-state index in [1.807, 2.05) is 41.2 Å². The van der Waals surface area contributed by atoms with Crippen LogP contribution in [0.3, 0.4) is 0 Å². The molecule has 1 aromatic carbocycles. The summed E-state index contributed by atoms with van der Waals surface area (Å²) < 4.78 is 1.81. The highest BCUT2D eigenvalue weighted by Gasteiger charge is 2.46. The van der Waals surface area contributed by atoms with Gasteiger partial charge in [0.05, 0.1) is 24.2 Å². The summed E-state index contributed by atoms with van der Waals surface area (Å²) in [6.07, 6.45) is 4.22. The number of Topliss-reactive ketones (excluding diaryl/α,β-unsaturated/α-hetero) is 1. The second kappa shape index (κ2) is 4.36. The van der Waals surface area contributed by atoms with Gasteiger partial charge < -0.3 is 0 Å². The second-order valence-electron chi connectivity index (χ2n) is 5.00. The molecule has 2 aromatic rings. The van der Waals surface area contributed by atoms with Gasteiger partial charge in [-0.3, -0.25) is 9.48 Å². The van der Waals surface area contributed by atoms with Crippen molar-refractivity contribution in [3.8, 4) is 6.07 Å². The Balaban J connectivity index is 1.81. The fourth-order valence-corrected chi connectivity index (χ4v) is 2.44. The normalized spacial score (nSPS) is 16.7. The van der Waals surface area contributed by atoms with E-state index in [9.17, 15) is 10.1 Å². The molecule has 0 aliphatic heterocycles. The summed E-state index contributed by atoms with van der Waals surface area (Å²) in [5.41, 5.74) is 1.38. The number of rotatable bonds is 3. The number of ketones is 1. The van der Waals surface area contributed by atoms with Gasteiger partial charge >= 0.3 is 0 Å². The Morgan fingerprint density at radius 2 is 2.05 bits per heavy atom. The largest absolute Gasteiger partial charge is 0.300 e. The number of hydrogen-bond donors (Lipinski definition) is 0. The van der Waals surface area contributed by atoms with Gasteiger partial charge in [0.25, 0.3) is 0 Å². The minimum Gasteiger partial charge on any atom is -0.300 e. The molecular weight excluding hydrogens is 238 g/mol. The van der Waals surface area contributed by atoms with E-state index < -0.39 is 5.41 Å². The number of aromatic nitrogens is 2. The first-order chi connectivity index (χ1) is 9.22. The van der Waals surface area contributed by atoms with E-state index in [1.165, 1.54) is 0 Å². The lowest BCUT2D eigenvalue weighted by atomic mass is 9.65. The van der Waals surface area contributed by atoms with Gasteiger partial charge in [-0.1, -0.05) is 30.3 Å². The van der Waals surface area contributed by atoms with Crippen molar-refractivity contribution in [2.45, 2.75) is 24.8 Å². The summed E-state index contributed by atoms with van der Waals surface area (Å²) >= 11 is 0. The predicted molar refractivity (Wildman–Crippen MR) is 69.3 cm³/mol. The second-order valence-corrected chi connectivity index (χ2v) is 5.00. The molecule has 1 saturated carbocycles. The SMILES string of the molecule is N#CC1(c2cnn(Cc3ccccc3)c2)CC(=O)C1. The smallest absolute Gasteiger partial charge is 0.136 e. The highest BCUT2D eigenvalue weighted by molar-refractivity contribution is 5.90. The Kier molecular flexibility index (Phi) is 2.68. The van der Waals surface area contributed by atoms with Crippen molar-refractivity contribution in [1.82, 2.24) is 9.78 Å². The summed E-state index contributed by atoms with van der Waals surface area (Å²) in [5.74, 6) is 0.150. The average molecular weight is 251 g/mol. The molecular formula is C15H13N3O. The Hall–Kier alpha value is -2.41. The molecule has 19 heavy (non-hydrogen) atoms. The van der Waals surface area contributed by atoms with Crippen LogP contribution in [-0.4, -0.2) is 15.6 Å². The van der Waals surface area contributed by atoms with Crippen LogP contribution in [0.25, 0.3) is 0 Å². The zero-order valence-corrected chi connectivity index (χ0v) is 10.4. The third kappa shape index (κ3) is 2.04. The van der Waals surface area contributed by atoms with Gasteiger partial charge in [0.15, 0.2) is 0 Å². The Morgan fingerprint density at radius 1 is 1.32 bits per heavy atom. The minimum absolute atomic E-state index is 0.150. The Bertz CT molecular complexity index is 644. The third-order valence-electron chi connectivity index (χ3n) is 3.59. The maximum atomic E-state index is 11.2. The molecule has 0 spiro atoms. The van der Waals surface area contributed by atoms with Gasteiger partial charge in [-0.25, -0.2) is 0 Å². The molecule has 0 amide bonds. The maximum absolute atomic E-state index is 11.2. The van der Waals surface area contributed by atoms with Crippen LogP contribution < -0.4 is 0 Å². The minimum atomic E-state index is -0.633. The van der Waals surface area contributed by atoms with Crippen molar-refractivity contribution >= 4 is 5.78 Å². The molecule has 0 atom stereocenters. The van der Waals surface area contributed by atoms with Crippen LogP contribution in [0.2, 0.25) is 0 Å². The van der Waals surface area contributed by atoms with Crippen molar-refractivity contribution in [2.75, 3.05) is 0 Å². The van der Waals surface area contributed by atoms with E-state index in [0.29, 0.717) is 19.4 Å². The van der Waals surface area contributed by atoms with E-state index in [1.54, 1.807) is 6.20 Å². The molecule has 0 radical (unpaired) electrons. The van der Waals surface area contributed by atoms with Gasteiger partial charge in [-0.2, -0.15) is 10.4 Å². The van der Waals surface area contributed by atoms with E-state index in [-0.39, 0.29) is 5.78 Å². The van der Waals surface area contributed by atoms with E-state index in [4.69, 9.17) is 0 Å². The third-order valence-corrected chi connectivity index (χ3v) is 3.59. The number of carbonyl (C=O) groups excluding carboxylic acids is 1. The first kappa shape index (κ1) is 11.7. The van der Waals surface area contributed by atoms with Crippen LogP contribution in [0, 0.1) is 11.3 Å². The highest BCUT2D eigenvalue weighted by Crippen LogP contribution is 2.40. The summed E-state index contributed by atoms with van der Waals surface area (Å²) in [4.78, 5) is 11.2. The lowest BCUT2D eigenvalue weighted by Crippen LogP contribution is -2.40. The van der Waals surface area contributed by atoms with Crippen molar-refractivity contribution in [3.05, 3.63) is 53.9 Å². The summed E-state index contributed by atoms with van der Waals surface area (Å²) in [7, 11) is 0. The molecule has 0 saturated heterocycles. The van der Waals surface area contributed by atoms with Gasteiger partial charge in [0.1, 0.15) is 5.78 Å². The Morgan fingerprint density at radius 3 is 2.68 bits per heavy atom. The van der Waals surface area contributed by atoms with E-state index in [0.717, 1.165) is 11.1 Å². The molecule has 4 heteroatoms. The molecule has 1 aromatic heterocycles. The predicted octanol–water partition coefficient (Wildman–Crippen LogP) is 2.06. The molecule has 4 nitrogen and oxygen atoms in total. The van der Waals surface area contributed by atoms with Crippen LogP contribution in [0.15, 0.2) is 42.7 Å². The zero-order valence-electron chi connectivity index (χ0n) is 10.4. The molecule has 1 fully saturated rings. The molecule has 1 aliphatic rings. The molecule has 0 unspecified atom stereocenters. The van der Waals surface area contributed by atoms with Gasteiger partial charge in [0.2, 0.25) is 0 Å². The quantitative estimate of drug-likeness (QED) is 0.838. The lowest BCUT2D eigenvalue weighted by molar-refractivity contribution is -0.126. The van der Waals surface area contributed by atoms with Crippen LogP contribution in [0.1, 0.15) is 24.0 Å². The monoisotopic (exact) mass is 251 g/mol. The number of nitriles is 1. The molecule has 0 bridgehead atoms. The first-order valence-electron chi connectivity index (χ1n) is 6.22. The Labute approximate surface area is 111 Å². The fraction of sp³-hybridized carbons (Fsp3) is 0.267. The van der Waals surface area contributed by atoms with E-state index in [2.05, 4.69) is 11.2 Å². The van der Waals surface area contributed by atoms with E-state index >= 15 is 0 Å². The average Bonchev–Trinajstić information content (AvgIpc) is 2.85. The standard InChI is InChI=1S/C15H13N3O/c16-11-15(6-14(19)7-15)13-8-17-18(10-13)9-12-4-2-1-3-5-12/h1-5,8,10H,6-7,9H2. The van der Waals surface area contributed by atoms with Gasteiger partial charge in [-0.05, 0) is 5.56 Å². The number of benzene rings is 1. The van der Waals surface area contributed by atoms with Crippen molar-refractivity contribution in [1.29, 1.82) is 5.26 Å². The molecule has 0 N–H and O–H groups in total.